The van der Waals surface area contributed by atoms with Gasteiger partial charge in [-0.3, -0.25) is 9.59 Å². The summed E-state index contributed by atoms with van der Waals surface area (Å²) in [5, 5.41) is 1.83. The number of thiophene rings is 1. The fraction of sp³-hybridized carbons (Fsp3) is 0.333. The summed E-state index contributed by atoms with van der Waals surface area (Å²) < 4.78 is 0. The van der Waals surface area contributed by atoms with E-state index in [-0.39, 0.29) is 11.6 Å². The van der Waals surface area contributed by atoms with E-state index in [1.165, 1.54) is 18.3 Å². The first-order valence-electron chi connectivity index (χ1n) is 3.71. The van der Waals surface area contributed by atoms with Gasteiger partial charge in [-0.05, 0) is 25.3 Å². The third-order valence-electron chi connectivity index (χ3n) is 1.77. The summed E-state index contributed by atoms with van der Waals surface area (Å²) in [7, 11) is 0. The van der Waals surface area contributed by atoms with Gasteiger partial charge < -0.3 is 0 Å². The predicted molar refractivity (Wildman–Crippen MR) is 48.5 cm³/mol. The van der Waals surface area contributed by atoms with Gasteiger partial charge in [0.1, 0.15) is 5.78 Å². The van der Waals surface area contributed by atoms with E-state index in [4.69, 9.17) is 0 Å². The monoisotopic (exact) mass is 182 g/mol. The largest absolute Gasteiger partial charge is 0.299 e. The number of hydrogen-bond acceptors (Lipinski definition) is 3. The summed E-state index contributed by atoms with van der Waals surface area (Å²) in [5.41, 5.74) is 0. The Morgan fingerprint density at radius 1 is 1.50 bits per heavy atom. The highest BCUT2D eigenvalue weighted by Gasteiger charge is 2.19. The normalized spacial score (nSPS) is 12.5. The molecule has 1 aromatic rings. The van der Waals surface area contributed by atoms with E-state index in [9.17, 15) is 9.59 Å². The van der Waals surface area contributed by atoms with E-state index in [2.05, 4.69) is 0 Å². The summed E-state index contributed by atoms with van der Waals surface area (Å²) >= 11 is 1.37. The molecule has 0 radical (unpaired) electrons. The van der Waals surface area contributed by atoms with Gasteiger partial charge in [-0.15, -0.1) is 11.3 Å². The second kappa shape index (κ2) is 3.63. The maximum absolute atomic E-state index is 11.4. The zero-order valence-electron chi connectivity index (χ0n) is 7.03. The first-order valence-corrected chi connectivity index (χ1v) is 4.59. The van der Waals surface area contributed by atoms with Crippen molar-refractivity contribution >= 4 is 22.9 Å². The molecule has 1 rings (SSSR count). The van der Waals surface area contributed by atoms with Crippen molar-refractivity contribution in [2.24, 2.45) is 5.92 Å². The Morgan fingerprint density at radius 2 is 2.17 bits per heavy atom. The van der Waals surface area contributed by atoms with E-state index in [0.717, 1.165) is 0 Å². The number of rotatable bonds is 3. The molecule has 1 heterocycles. The van der Waals surface area contributed by atoms with E-state index in [1.54, 1.807) is 13.0 Å². The molecular weight excluding hydrogens is 172 g/mol. The Labute approximate surface area is 75.2 Å². The highest BCUT2D eigenvalue weighted by molar-refractivity contribution is 7.12. The minimum Gasteiger partial charge on any atom is -0.299 e. The highest BCUT2D eigenvalue weighted by atomic mass is 32.1. The Balaban J connectivity index is 2.79. The molecule has 0 amide bonds. The Kier molecular flexibility index (Phi) is 2.76. The highest BCUT2D eigenvalue weighted by Crippen LogP contribution is 2.14. The zero-order chi connectivity index (χ0) is 9.14. The third-order valence-corrected chi connectivity index (χ3v) is 2.65. The minimum atomic E-state index is -0.497. The van der Waals surface area contributed by atoms with Crippen LogP contribution >= 0.6 is 11.3 Å². The van der Waals surface area contributed by atoms with Gasteiger partial charge in [0.25, 0.3) is 0 Å². The molecule has 0 N–H and O–H groups in total. The maximum atomic E-state index is 11.4. The lowest BCUT2D eigenvalue weighted by molar-refractivity contribution is -0.118. The fourth-order valence-electron chi connectivity index (χ4n) is 0.817. The molecular formula is C9H10O2S. The maximum Gasteiger partial charge on any atom is 0.182 e. The van der Waals surface area contributed by atoms with Crippen LogP contribution in [0.2, 0.25) is 0 Å². The lowest BCUT2D eigenvalue weighted by Gasteiger charge is -2.02. The Bertz CT molecular complexity index is 287. The van der Waals surface area contributed by atoms with Crippen LogP contribution in [0.1, 0.15) is 23.5 Å². The molecule has 0 saturated carbocycles. The lowest BCUT2D eigenvalue weighted by Crippen LogP contribution is -2.17. The van der Waals surface area contributed by atoms with Crippen molar-refractivity contribution in [1.29, 1.82) is 0 Å². The van der Waals surface area contributed by atoms with Crippen LogP contribution in [0, 0.1) is 5.92 Å². The Morgan fingerprint density at radius 3 is 2.58 bits per heavy atom. The van der Waals surface area contributed by atoms with Gasteiger partial charge in [-0.1, -0.05) is 6.07 Å². The average molecular weight is 182 g/mol. The first kappa shape index (κ1) is 9.13. The molecule has 3 heteroatoms. The predicted octanol–water partition coefficient (Wildman–Crippen LogP) is 2.16. The van der Waals surface area contributed by atoms with Crippen molar-refractivity contribution in [2.75, 3.05) is 0 Å². The van der Waals surface area contributed by atoms with E-state index in [0.29, 0.717) is 4.88 Å². The van der Waals surface area contributed by atoms with Gasteiger partial charge in [-0.2, -0.15) is 0 Å². The van der Waals surface area contributed by atoms with Crippen LogP contribution in [0.5, 0.6) is 0 Å². The number of hydrogen-bond donors (Lipinski definition) is 0. The molecule has 0 saturated heterocycles. The molecule has 1 unspecified atom stereocenters. The SMILES string of the molecule is CC(=O)C(C)C(=O)c1cccs1. The topological polar surface area (TPSA) is 34.1 Å². The second-order valence-electron chi connectivity index (χ2n) is 2.67. The van der Waals surface area contributed by atoms with Gasteiger partial charge in [0.15, 0.2) is 5.78 Å². The van der Waals surface area contributed by atoms with Gasteiger partial charge in [0.2, 0.25) is 0 Å². The van der Waals surface area contributed by atoms with Crippen LogP contribution in [0.3, 0.4) is 0 Å². The minimum absolute atomic E-state index is 0.0718. The van der Waals surface area contributed by atoms with Gasteiger partial charge in [0.05, 0.1) is 10.8 Å². The van der Waals surface area contributed by atoms with Crippen molar-refractivity contribution in [1.82, 2.24) is 0 Å². The molecule has 0 aliphatic rings. The van der Waals surface area contributed by atoms with Crippen molar-refractivity contribution in [3.8, 4) is 0 Å². The molecule has 0 aromatic carbocycles. The van der Waals surface area contributed by atoms with Gasteiger partial charge in [-0.25, -0.2) is 0 Å². The molecule has 64 valence electrons. The fourth-order valence-corrected chi connectivity index (χ4v) is 1.57. The number of ketones is 2. The van der Waals surface area contributed by atoms with Crippen molar-refractivity contribution in [3.05, 3.63) is 22.4 Å². The van der Waals surface area contributed by atoms with Crippen molar-refractivity contribution in [3.63, 3.8) is 0 Å². The van der Waals surface area contributed by atoms with Crippen LogP contribution in [0.15, 0.2) is 17.5 Å². The molecule has 12 heavy (non-hydrogen) atoms. The molecule has 1 aromatic heterocycles. The third kappa shape index (κ3) is 1.80. The van der Waals surface area contributed by atoms with E-state index < -0.39 is 5.92 Å². The molecule has 0 fully saturated rings. The summed E-state index contributed by atoms with van der Waals surface area (Å²) in [5.74, 6) is -0.644. The van der Waals surface area contributed by atoms with Crippen LogP contribution in [0.25, 0.3) is 0 Å². The van der Waals surface area contributed by atoms with E-state index >= 15 is 0 Å². The summed E-state index contributed by atoms with van der Waals surface area (Å²) in [4.78, 5) is 23.0. The summed E-state index contributed by atoms with van der Waals surface area (Å²) in [6.07, 6.45) is 0. The lowest BCUT2D eigenvalue weighted by atomic mass is 10.0. The van der Waals surface area contributed by atoms with Gasteiger partial charge >= 0.3 is 0 Å². The molecule has 0 bridgehead atoms. The smallest absolute Gasteiger partial charge is 0.182 e. The average Bonchev–Trinajstić information content (AvgIpc) is 2.53. The number of carbonyl (C=O) groups is 2. The van der Waals surface area contributed by atoms with Crippen LogP contribution in [-0.2, 0) is 4.79 Å². The summed E-state index contributed by atoms with van der Waals surface area (Å²) in [6, 6.07) is 3.55. The molecule has 0 aliphatic carbocycles. The van der Waals surface area contributed by atoms with Crippen LogP contribution < -0.4 is 0 Å². The van der Waals surface area contributed by atoms with Crippen molar-refractivity contribution < 1.29 is 9.59 Å². The molecule has 0 aliphatic heterocycles. The standard InChI is InChI=1S/C9H10O2S/c1-6(7(2)10)9(11)8-4-3-5-12-8/h3-6H,1-2H3. The zero-order valence-corrected chi connectivity index (χ0v) is 7.85. The summed E-state index contributed by atoms with van der Waals surface area (Å²) in [6.45, 7) is 3.08. The van der Waals surface area contributed by atoms with E-state index in [1.807, 2.05) is 11.4 Å². The van der Waals surface area contributed by atoms with Gasteiger partial charge in [0, 0.05) is 0 Å². The molecule has 2 nitrogen and oxygen atoms in total. The quantitative estimate of drug-likeness (QED) is 0.530. The molecule has 0 spiro atoms. The van der Waals surface area contributed by atoms with Crippen LogP contribution in [0.4, 0.5) is 0 Å². The molecule has 1 atom stereocenters. The van der Waals surface area contributed by atoms with Crippen LogP contribution in [-0.4, -0.2) is 11.6 Å². The first-order chi connectivity index (χ1) is 5.63. The second-order valence-corrected chi connectivity index (χ2v) is 3.62. The number of carbonyl (C=O) groups excluding carboxylic acids is 2. The van der Waals surface area contributed by atoms with Crippen molar-refractivity contribution in [2.45, 2.75) is 13.8 Å². The number of Topliss-reactive ketones (excluding diaryl/α,β-unsaturated/α-hetero) is 2. The Hall–Kier alpha value is -0.960.